The fraction of sp³-hybridized carbons (Fsp3) is 0.413. The lowest BCUT2D eigenvalue weighted by Crippen LogP contribution is -2.62. The van der Waals surface area contributed by atoms with Gasteiger partial charge in [-0.05, 0) is 132 Å². The second-order valence-corrected chi connectivity index (χ2v) is 17.9. The molecule has 0 aromatic heterocycles. The van der Waals surface area contributed by atoms with E-state index in [0.29, 0.717) is 35.6 Å². The molecule has 287 valence electrons. The van der Waals surface area contributed by atoms with Crippen molar-refractivity contribution in [3.05, 3.63) is 139 Å². The number of hydrogen-bond acceptors (Lipinski definition) is 5. The predicted molar refractivity (Wildman–Crippen MR) is 219 cm³/mol. The van der Waals surface area contributed by atoms with Crippen LogP contribution >= 0.6 is 7.60 Å². The summed E-state index contributed by atoms with van der Waals surface area (Å²) in [6, 6.07) is 36.8. The molecule has 7 nitrogen and oxygen atoms in total. The van der Waals surface area contributed by atoms with E-state index in [4.69, 9.17) is 9.05 Å². The van der Waals surface area contributed by atoms with Gasteiger partial charge in [-0.2, -0.15) is 0 Å². The van der Waals surface area contributed by atoms with Gasteiger partial charge >= 0.3 is 7.60 Å². The van der Waals surface area contributed by atoms with Crippen LogP contribution < -0.4 is 19.7 Å². The van der Waals surface area contributed by atoms with Crippen LogP contribution in [0.1, 0.15) is 109 Å². The average molecular weight is 750 g/mol. The van der Waals surface area contributed by atoms with Gasteiger partial charge in [0.25, 0.3) is 0 Å². The summed E-state index contributed by atoms with van der Waals surface area (Å²) in [6.45, 7) is 12.0. The molecule has 4 aromatic rings. The molecule has 1 aliphatic heterocycles. The van der Waals surface area contributed by atoms with E-state index in [-0.39, 0.29) is 23.8 Å². The van der Waals surface area contributed by atoms with Gasteiger partial charge in [0.05, 0.1) is 5.30 Å². The minimum Gasteiger partial charge on any atom is -0.413 e. The normalized spacial score (nSPS) is 17.8. The first-order valence-corrected chi connectivity index (χ1v) is 21.0. The first kappa shape index (κ1) is 41.0. The van der Waals surface area contributed by atoms with Crippen LogP contribution in [0.4, 0.5) is 0 Å². The number of hydrogen-bond donors (Lipinski definition) is 1. The van der Waals surface area contributed by atoms with E-state index < -0.39 is 18.7 Å². The third-order valence-corrected chi connectivity index (χ3v) is 12.5. The average Bonchev–Trinajstić information content (AvgIpc) is 3.16. The molecule has 5 rings (SSSR count). The van der Waals surface area contributed by atoms with E-state index in [1.807, 2.05) is 83.1 Å². The summed E-state index contributed by atoms with van der Waals surface area (Å²) in [4.78, 5) is 13.1. The van der Waals surface area contributed by atoms with Crippen molar-refractivity contribution < 1.29 is 23.6 Å². The van der Waals surface area contributed by atoms with Crippen LogP contribution in [0.15, 0.2) is 127 Å². The van der Waals surface area contributed by atoms with Gasteiger partial charge in [-0.3, -0.25) is 4.79 Å². The first-order chi connectivity index (χ1) is 25.8. The smallest absolute Gasteiger partial charge is 0.413 e. The van der Waals surface area contributed by atoms with Crippen LogP contribution in [0.3, 0.4) is 0 Å². The van der Waals surface area contributed by atoms with Gasteiger partial charge < -0.3 is 14.4 Å². The van der Waals surface area contributed by atoms with Crippen LogP contribution in [-0.2, 0) is 14.6 Å². The number of hydroxylamine groups is 2. The Hall–Kier alpha value is -4.16. The maximum atomic E-state index is 14.4. The Morgan fingerprint density at radius 2 is 1.28 bits per heavy atom. The van der Waals surface area contributed by atoms with Gasteiger partial charge in [-0.1, -0.05) is 105 Å². The fourth-order valence-corrected chi connectivity index (χ4v) is 9.39. The number of nitrogens with zero attached hydrogens (tertiary/aromatic N) is 1. The Labute approximate surface area is 323 Å². The van der Waals surface area contributed by atoms with Crippen molar-refractivity contribution >= 4 is 18.8 Å². The number of carbonyl (C=O) groups is 1. The van der Waals surface area contributed by atoms with Crippen molar-refractivity contribution in [3.63, 3.8) is 0 Å². The Morgan fingerprint density at radius 1 is 0.778 bits per heavy atom. The Kier molecular flexibility index (Phi) is 14.0. The highest BCUT2D eigenvalue weighted by atomic mass is 31.2. The molecular formula is C46H58N2O5P. The topological polar surface area (TPSA) is 87.8 Å². The summed E-state index contributed by atoms with van der Waals surface area (Å²) in [5.41, 5.74) is 1.46. The maximum Gasteiger partial charge on any atom is 0.462 e. The Balaban J connectivity index is 1.22. The molecule has 0 saturated carbocycles. The molecule has 8 heteroatoms. The highest BCUT2D eigenvalue weighted by molar-refractivity contribution is 7.63. The molecule has 1 amide bonds. The lowest BCUT2D eigenvalue weighted by Gasteiger charge is -2.50. The molecule has 4 aromatic carbocycles. The van der Waals surface area contributed by atoms with Gasteiger partial charge in [0, 0.05) is 23.0 Å². The summed E-state index contributed by atoms with van der Waals surface area (Å²) in [5.74, 6) is 1.50. The molecule has 0 bridgehead atoms. The van der Waals surface area contributed by atoms with Gasteiger partial charge in [0.1, 0.15) is 11.5 Å². The number of carbonyl (C=O) groups excluding carboxylic acids is 1. The third-order valence-electron chi connectivity index (χ3n) is 10.7. The van der Waals surface area contributed by atoms with E-state index in [1.165, 1.54) is 16.2 Å². The standard InChI is InChI=1S/C46H58N2O5P/c1-7-36(38-28-30-43(31-29-38)54(51,52-41-24-16-10-17-25-41)53-42-26-18-11-19-27-42)32-39(37-21-13-9-14-22-37)23-15-8-12-20-35(2)44(49)47-40-33-45(3,4)48(50)46(5,6)34-40/h8-11,13-19,21-22,24-31,35-36,39-40H,7,12,20,23,32-34H2,1-6H3,(H,47,49)/b15-8+. The molecule has 1 aliphatic rings. The monoisotopic (exact) mass is 749 g/mol. The van der Waals surface area contributed by atoms with Gasteiger partial charge in [-0.25, -0.2) is 4.57 Å². The molecule has 3 unspecified atom stereocenters. The molecule has 1 fully saturated rings. The fourth-order valence-electron chi connectivity index (χ4n) is 7.83. The summed E-state index contributed by atoms with van der Waals surface area (Å²) >= 11 is 0. The predicted octanol–water partition coefficient (Wildman–Crippen LogP) is 11.2. The minimum absolute atomic E-state index is 0.00482. The van der Waals surface area contributed by atoms with Crippen molar-refractivity contribution in [1.82, 2.24) is 10.4 Å². The van der Waals surface area contributed by atoms with Crippen LogP contribution in [0.2, 0.25) is 0 Å². The number of amides is 1. The summed E-state index contributed by atoms with van der Waals surface area (Å²) < 4.78 is 26.5. The molecule has 0 spiro atoms. The van der Waals surface area contributed by atoms with Gasteiger partial charge in [0.2, 0.25) is 5.91 Å². The Bertz CT molecular complexity index is 1770. The summed E-state index contributed by atoms with van der Waals surface area (Å²) in [7, 11) is -3.75. The van der Waals surface area contributed by atoms with Crippen molar-refractivity contribution in [3.8, 4) is 11.5 Å². The van der Waals surface area contributed by atoms with Gasteiger partial charge in [0.15, 0.2) is 0 Å². The van der Waals surface area contributed by atoms with E-state index >= 15 is 0 Å². The van der Waals surface area contributed by atoms with Crippen LogP contribution in [-0.4, -0.2) is 28.1 Å². The zero-order chi connectivity index (χ0) is 38.8. The van der Waals surface area contributed by atoms with Crippen molar-refractivity contribution in [1.29, 1.82) is 0 Å². The third kappa shape index (κ3) is 11.0. The molecule has 1 heterocycles. The van der Waals surface area contributed by atoms with Crippen molar-refractivity contribution in [2.24, 2.45) is 5.92 Å². The molecule has 3 atom stereocenters. The molecule has 0 aliphatic carbocycles. The lowest BCUT2D eigenvalue weighted by atomic mass is 9.79. The van der Waals surface area contributed by atoms with E-state index in [2.05, 4.69) is 66.9 Å². The number of nitrogens with one attached hydrogen (secondary N) is 1. The molecule has 1 radical (unpaired) electrons. The highest BCUT2D eigenvalue weighted by Crippen LogP contribution is 2.48. The number of piperidine rings is 1. The zero-order valence-electron chi connectivity index (χ0n) is 32.8. The molecule has 1 saturated heterocycles. The lowest BCUT2D eigenvalue weighted by molar-refractivity contribution is -0.290. The summed E-state index contributed by atoms with van der Waals surface area (Å²) in [6.07, 6.45) is 10.2. The van der Waals surface area contributed by atoms with Crippen LogP contribution in [0, 0.1) is 5.92 Å². The largest absolute Gasteiger partial charge is 0.462 e. The molecule has 54 heavy (non-hydrogen) atoms. The number of para-hydroxylation sites is 2. The zero-order valence-corrected chi connectivity index (χ0v) is 33.7. The van der Waals surface area contributed by atoms with Crippen molar-refractivity contribution in [2.45, 2.75) is 115 Å². The van der Waals surface area contributed by atoms with Crippen LogP contribution in [0.25, 0.3) is 0 Å². The molecular weight excluding hydrogens is 691 g/mol. The first-order valence-electron chi connectivity index (χ1n) is 19.5. The second-order valence-electron chi connectivity index (χ2n) is 16.1. The number of benzene rings is 4. The summed E-state index contributed by atoms with van der Waals surface area (Å²) in [5, 5.41) is 17.7. The minimum atomic E-state index is -3.75. The van der Waals surface area contributed by atoms with Crippen molar-refractivity contribution in [2.75, 3.05) is 0 Å². The van der Waals surface area contributed by atoms with E-state index in [9.17, 15) is 14.6 Å². The van der Waals surface area contributed by atoms with E-state index in [0.717, 1.165) is 32.1 Å². The number of allylic oxidation sites excluding steroid dienone is 2. The number of rotatable bonds is 17. The Morgan fingerprint density at radius 3 is 1.80 bits per heavy atom. The molecule has 1 N–H and O–H groups in total. The SMILES string of the molecule is CCC(CC(C/C=C/CCC(C)C(=O)NC1CC(C)(C)N([O])C(C)(C)C1)c1ccccc1)c1ccc(P(=O)(Oc2ccccc2)Oc2ccccc2)cc1. The van der Waals surface area contributed by atoms with Gasteiger partial charge in [-0.15, -0.1) is 10.3 Å². The highest BCUT2D eigenvalue weighted by Gasteiger charge is 2.46. The van der Waals surface area contributed by atoms with Crippen LogP contribution in [0.5, 0.6) is 11.5 Å². The van der Waals surface area contributed by atoms with E-state index in [1.54, 1.807) is 24.3 Å². The second kappa shape index (κ2) is 18.4. The maximum absolute atomic E-state index is 14.4. The quantitative estimate of drug-likeness (QED) is 0.0858.